The van der Waals surface area contributed by atoms with Gasteiger partial charge in [0, 0.05) is 38.4 Å². The van der Waals surface area contributed by atoms with Crippen LogP contribution in [0.3, 0.4) is 0 Å². The summed E-state index contributed by atoms with van der Waals surface area (Å²) < 4.78 is 2.03. The summed E-state index contributed by atoms with van der Waals surface area (Å²) in [6.07, 6.45) is 5.32. The molecule has 1 aromatic heterocycles. The molecule has 2 aromatic rings. The van der Waals surface area contributed by atoms with Crippen LogP contribution in [-0.4, -0.2) is 51.1 Å². The normalized spacial score (nSPS) is 15.0. The van der Waals surface area contributed by atoms with E-state index in [1.807, 2.05) is 21.7 Å². The first-order valence-corrected chi connectivity index (χ1v) is 10.2. The number of hydrogen-bond donors (Lipinski definition) is 1. The van der Waals surface area contributed by atoms with Crippen molar-refractivity contribution in [3.8, 4) is 5.69 Å². The summed E-state index contributed by atoms with van der Waals surface area (Å²) in [5.41, 5.74) is 3.53. The van der Waals surface area contributed by atoms with Gasteiger partial charge in [0.25, 0.3) is 0 Å². The van der Waals surface area contributed by atoms with E-state index in [1.54, 1.807) is 13.1 Å². The molecule has 0 atom stereocenters. The lowest BCUT2D eigenvalue weighted by Crippen LogP contribution is -2.46. The quantitative estimate of drug-likeness (QED) is 0.803. The van der Waals surface area contributed by atoms with E-state index in [9.17, 15) is 9.59 Å². The number of thioether (sulfide) groups is 1. The van der Waals surface area contributed by atoms with Gasteiger partial charge in [-0.1, -0.05) is 23.9 Å². The number of aryl methyl sites for hydroxylation is 1. The number of carbonyl (C=O) groups excluding carboxylic acids is 2. The SMILES string of the molecule is CC(=O)N1CCC(NC(=O)CSc2nccn2-c2cccc(C)c2C)CC1. The van der Waals surface area contributed by atoms with Gasteiger partial charge in [0.1, 0.15) is 0 Å². The van der Waals surface area contributed by atoms with Crippen molar-refractivity contribution in [3.05, 3.63) is 41.7 Å². The van der Waals surface area contributed by atoms with Crippen molar-refractivity contribution in [1.82, 2.24) is 19.8 Å². The fraction of sp³-hybridized carbons (Fsp3) is 0.450. The highest BCUT2D eigenvalue weighted by Crippen LogP contribution is 2.24. The average molecular weight is 387 g/mol. The Hall–Kier alpha value is -2.28. The van der Waals surface area contributed by atoms with Crippen molar-refractivity contribution in [1.29, 1.82) is 0 Å². The topological polar surface area (TPSA) is 67.2 Å². The van der Waals surface area contributed by atoms with E-state index in [1.165, 1.54) is 22.9 Å². The van der Waals surface area contributed by atoms with Crippen LogP contribution in [0.4, 0.5) is 0 Å². The van der Waals surface area contributed by atoms with E-state index in [2.05, 4.69) is 36.3 Å². The number of piperidine rings is 1. The third-order valence-corrected chi connectivity index (χ3v) is 6.05. The minimum Gasteiger partial charge on any atom is -0.353 e. The second-order valence-electron chi connectivity index (χ2n) is 6.94. The number of amides is 2. The second kappa shape index (κ2) is 8.61. The van der Waals surface area contributed by atoms with Gasteiger partial charge in [-0.2, -0.15) is 0 Å². The van der Waals surface area contributed by atoms with Gasteiger partial charge in [-0.25, -0.2) is 4.98 Å². The molecule has 6 nitrogen and oxygen atoms in total. The lowest BCUT2D eigenvalue weighted by molar-refractivity contribution is -0.130. The second-order valence-corrected chi connectivity index (χ2v) is 7.88. The maximum atomic E-state index is 12.3. The smallest absolute Gasteiger partial charge is 0.230 e. The monoisotopic (exact) mass is 386 g/mol. The number of benzene rings is 1. The molecule has 0 aliphatic carbocycles. The number of nitrogens with one attached hydrogen (secondary N) is 1. The van der Waals surface area contributed by atoms with Gasteiger partial charge in [-0.05, 0) is 43.9 Å². The molecule has 1 aliphatic heterocycles. The summed E-state index contributed by atoms with van der Waals surface area (Å²) in [7, 11) is 0. The minimum absolute atomic E-state index is 0.0109. The van der Waals surface area contributed by atoms with Gasteiger partial charge in [0.15, 0.2) is 5.16 Å². The molecule has 1 saturated heterocycles. The highest BCUT2D eigenvalue weighted by molar-refractivity contribution is 7.99. The summed E-state index contributed by atoms with van der Waals surface area (Å²) in [6, 6.07) is 6.34. The van der Waals surface area contributed by atoms with E-state index < -0.39 is 0 Å². The number of likely N-dealkylation sites (tertiary alicyclic amines) is 1. The first-order chi connectivity index (χ1) is 13.0. The fourth-order valence-electron chi connectivity index (χ4n) is 3.31. The molecule has 2 heterocycles. The molecular weight excluding hydrogens is 360 g/mol. The molecule has 7 heteroatoms. The van der Waals surface area contributed by atoms with Crippen LogP contribution in [-0.2, 0) is 9.59 Å². The van der Waals surface area contributed by atoms with Crippen molar-refractivity contribution in [2.45, 2.75) is 44.8 Å². The number of hydrogen-bond acceptors (Lipinski definition) is 4. The van der Waals surface area contributed by atoms with Crippen LogP contribution in [0.1, 0.15) is 30.9 Å². The molecule has 2 amide bonds. The molecule has 1 aromatic carbocycles. The van der Waals surface area contributed by atoms with Crippen LogP contribution in [0.2, 0.25) is 0 Å². The van der Waals surface area contributed by atoms with Crippen molar-refractivity contribution in [3.63, 3.8) is 0 Å². The molecule has 0 radical (unpaired) electrons. The standard InChI is InChI=1S/C20H26N4O2S/c1-14-5-4-6-18(15(14)2)24-12-9-21-20(24)27-13-19(26)22-17-7-10-23(11-8-17)16(3)25/h4-6,9,12,17H,7-8,10-11,13H2,1-3H3,(H,22,26). The van der Waals surface area contributed by atoms with Crippen molar-refractivity contribution in [2.75, 3.05) is 18.8 Å². The Morgan fingerprint density at radius 3 is 2.70 bits per heavy atom. The third-order valence-electron chi connectivity index (χ3n) is 5.08. The number of rotatable bonds is 5. The fourth-order valence-corrected chi connectivity index (χ4v) is 4.09. The molecule has 0 unspecified atom stereocenters. The van der Waals surface area contributed by atoms with E-state index in [0.29, 0.717) is 18.8 Å². The van der Waals surface area contributed by atoms with Crippen molar-refractivity contribution < 1.29 is 9.59 Å². The Kier molecular flexibility index (Phi) is 6.21. The molecule has 0 spiro atoms. The van der Waals surface area contributed by atoms with Gasteiger partial charge in [-0.3, -0.25) is 14.2 Å². The van der Waals surface area contributed by atoms with Gasteiger partial charge < -0.3 is 10.2 Å². The maximum absolute atomic E-state index is 12.3. The molecule has 144 valence electrons. The van der Waals surface area contributed by atoms with Crippen LogP contribution in [0.5, 0.6) is 0 Å². The Morgan fingerprint density at radius 2 is 2.00 bits per heavy atom. The molecule has 1 N–H and O–H groups in total. The number of nitrogens with zero attached hydrogens (tertiary/aromatic N) is 3. The summed E-state index contributed by atoms with van der Waals surface area (Å²) in [5.74, 6) is 0.444. The maximum Gasteiger partial charge on any atom is 0.230 e. The predicted octanol–water partition coefficient (Wildman–Crippen LogP) is 2.71. The summed E-state index contributed by atoms with van der Waals surface area (Å²) in [5, 5.41) is 3.90. The third kappa shape index (κ3) is 4.71. The molecule has 0 saturated carbocycles. The number of imidazole rings is 1. The first kappa shape index (κ1) is 19.5. The zero-order valence-electron chi connectivity index (χ0n) is 16.1. The van der Waals surface area contributed by atoms with Crippen LogP contribution < -0.4 is 5.32 Å². The highest BCUT2D eigenvalue weighted by Gasteiger charge is 2.22. The minimum atomic E-state index is 0.0109. The Labute approximate surface area is 164 Å². The van der Waals surface area contributed by atoms with E-state index in [0.717, 1.165) is 23.7 Å². The molecular formula is C20H26N4O2S. The van der Waals surface area contributed by atoms with Gasteiger partial charge in [0.2, 0.25) is 11.8 Å². The zero-order chi connectivity index (χ0) is 19.4. The van der Waals surface area contributed by atoms with Crippen molar-refractivity contribution >= 4 is 23.6 Å². The van der Waals surface area contributed by atoms with Crippen molar-refractivity contribution in [2.24, 2.45) is 0 Å². The largest absolute Gasteiger partial charge is 0.353 e. The van der Waals surface area contributed by atoms with E-state index in [-0.39, 0.29) is 17.9 Å². The van der Waals surface area contributed by atoms with Crippen LogP contribution >= 0.6 is 11.8 Å². The highest BCUT2D eigenvalue weighted by atomic mass is 32.2. The summed E-state index contributed by atoms with van der Waals surface area (Å²) in [4.78, 5) is 30.0. The molecule has 1 fully saturated rings. The number of carbonyl (C=O) groups is 2. The van der Waals surface area contributed by atoms with Gasteiger partial charge >= 0.3 is 0 Å². The van der Waals surface area contributed by atoms with Gasteiger partial charge in [-0.15, -0.1) is 0 Å². The molecule has 1 aliphatic rings. The molecule has 0 bridgehead atoms. The van der Waals surface area contributed by atoms with Crippen LogP contribution in [0.25, 0.3) is 5.69 Å². The van der Waals surface area contributed by atoms with E-state index >= 15 is 0 Å². The van der Waals surface area contributed by atoms with E-state index in [4.69, 9.17) is 0 Å². The Bertz CT molecular complexity index is 825. The predicted molar refractivity (Wildman–Crippen MR) is 107 cm³/mol. The lowest BCUT2D eigenvalue weighted by Gasteiger charge is -2.31. The summed E-state index contributed by atoms with van der Waals surface area (Å²) in [6.45, 7) is 7.20. The average Bonchev–Trinajstić information content (AvgIpc) is 3.11. The Morgan fingerprint density at radius 1 is 1.26 bits per heavy atom. The zero-order valence-corrected chi connectivity index (χ0v) is 16.9. The van der Waals surface area contributed by atoms with Gasteiger partial charge in [0.05, 0.1) is 11.4 Å². The summed E-state index contributed by atoms with van der Waals surface area (Å²) >= 11 is 1.44. The molecule has 3 rings (SSSR count). The van der Waals surface area contributed by atoms with Crippen LogP contribution in [0.15, 0.2) is 35.7 Å². The molecule has 27 heavy (non-hydrogen) atoms. The Balaban J connectivity index is 1.55. The number of aromatic nitrogens is 2. The first-order valence-electron chi connectivity index (χ1n) is 9.23. The van der Waals surface area contributed by atoms with Crippen LogP contribution in [0, 0.1) is 13.8 Å². The lowest BCUT2D eigenvalue weighted by atomic mass is 10.1.